The number of rotatable bonds is 4. The summed E-state index contributed by atoms with van der Waals surface area (Å²) in [6.45, 7) is 7.44. The van der Waals surface area contributed by atoms with Gasteiger partial charge in [0.2, 0.25) is 5.91 Å². The van der Waals surface area contributed by atoms with Crippen molar-refractivity contribution in [3.8, 4) is 0 Å². The Morgan fingerprint density at radius 3 is 2.29 bits per heavy atom. The monoisotopic (exact) mass is 380 g/mol. The van der Waals surface area contributed by atoms with E-state index < -0.39 is 5.97 Å². The van der Waals surface area contributed by atoms with Gasteiger partial charge in [-0.05, 0) is 62.6 Å². The van der Waals surface area contributed by atoms with Crippen LogP contribution < -0.4 is 9.80 Å². The smallest absolute Gasteiger partial charge is 0.326 e. The summed E-state index contributed by atoms with van der Waals surface area (Å²) in [4.78, 5) is 41.0. The fourth-order valence-electron chi connectivity index (χ4n) is 3.31. The molecule has 0 radical (unpaired) electrons. The van der Waals surface area contributed by atoms with Crippen molar-refractivity contribution in [3.63, 3.8) is 0 Å². The molecule has 2 aromatic rings. The molecule has 1 aliphatic rings. The third kappa shape index (κ3) is 3.63. The minimum Gasteiger partial charge on any atom is -0.465 e. The predicted molar refractivity (Wildman–Crippen MR) is 108 cm³/mol. The van der Waals surface area contributed by atoms with Crippen molar-refractivity contribution in [2.24, 2.45) is 0 Å². The molecular formula is C22H24N2O4. The summed E-state index contributed by atoms with van der Waals surface area (Å²) in [5.41, 5.74) is 4.56. The molecule has 0 spiro atoms. The molecule has 6 heteroatoms. The van der Waals surface area contributed by atoms with Crippen molar-refractivity contribution >= 4 is 29.2 Å². The second-order valence-corrected chi connectivity index (χ2v) is 6.92. The first kappa shape index (κ1) is 19.6. The summed E-state index contributed by atoms with van der Waals surface area (Å²) >= 11 is 0. The van der Waals surface area contributed by atoms with Gasteiger partial charge in [-0.25, -0.2) is 0 Å². The zero-order valence-corrected chi connectivity index (χ0v) is 16.6. The Kier molecular flexibility index (Phi) is 5.49. The minimum absolute atomic E-state index is 0.123. The fraction of sp³-hybridized carbons (Fsp3) is 0.318. The number of anilines is 2. The van der Waals surface area contributed by atoms with E-state index in [0.717, 1.165) is 16.7 Å². The van der Waals surface area contributed by atoms with E-state index in [9.17, 15) is 14.4 Å². The van der Waals surface area contributed by atoms with Gasteiger partial charge in [0.25, 0.3) is 5.91 Å². The fourth-order valence-corrected chi connectivity index (χ4v) is 3.31. The van der Waals surface area contributed by atoms with Crippen LogP contribution in [0.4, 0.5) is 11.4 Å². The van der Waals surface area contributed by atoms with Crippen molar-refractivity contribution < 1.29 is 19.1 Å². The van der Waals surface area contributed by atoms with E-state index >= 15 is 0 Å². The Labute approximate surface area is 164 Å². The number of ether oxygens (including phenoxy) is 1. The Hall–Kier alpha value is -3.15. The van der Waals surface area contributed by atoms with E-state index in [1.54, 1.807) is 19.1 Å². The van der Waals surface area contributed by atoms with Crippen LogP contribution in [0.25, 0.3) is 0 Å². The number of hydrogen-bond donors (Lipinski definition) is 0. The van der Waals surface area contributed by atoms with Gasteiger partial charge in [0.15, 0.2) is 0 Å². The lowest BCUT2D eigenvalue weighted by Crippen LogP contribution is -2.50. The Balaban J connectivity index is 2.06. The highest BCUT2D eigenvalue weighted by Gasteiger charge is 2.35. The topological polar surface area (TPSA) is 66.9 Å². The first-order valence-corrected chi connectivity index (χ1v) is 9.28. The lowest BCUT2D eigenvalue weighted by Gasteiger charge is -2.36. The van der Waals surface area contributed by atoms with Crippen LogP contribution in [0.2, 0.25) is 0 Å². The molecular weight excluding hydrogens is 356 g/mol. The second kappa shape index (κ2) is 7.84. The number of benzene rings is 2. The summed E-state index contributed by atoms with van der Waals surface area (Å²) in [6.07, 6.45) is 0. The molecule has 0 saturated carbocycles. The molecule has 0 bridgehead atoms. The number of aryl methyl sites for hydroxylation is 3. The summed E-state index contributed by atoms with van der Waals surface area (Å²) < 4.78 is 5.01. The van der Waals surface area contributed by atoms with Gasteiger partial charge in [-0.15, -0.1) is 0 Å². The van der Waals surface area contributed by atoms with Crippen LogP contribution in [0.3, 0.4) is 0 Å². The molecule has 1 aliphatic heterocycles. The number of amides is 2. The summed E-state index contributed by atoms with van der Waals surface area (Å²) in [6, 6.07) is 11.0. The van der Waals surface area contributed by atoms with Crippen LogP contribution in [0, 0.1) is 20.8 Å². The molecule has 0 N–H and O–H groups in total. The molecule has 0 aromatic heterocycles. The van der Waals surface area contributed by atoms with Crippen molar-refractivity contribution in [3.05, 3.63) is 58.7 Å². The van der Waals surface area contributed by atoms with Gasteiger partial charge in [-0.1, -0.05) is 18.2 Å². The number of fused-ring (bicyclic) bond motifs is 1. The molecule has 146 valence electrons. The summed E-state index contributed by atoms with van der Waals surface area (Å²) in [5.74, 6) is -1.02. The van der Waals surface area contributed by atoms with Gasteiger partial charge in [0.1, 0.15) is 13.1 Å². The third-order valence-electron chi connectivity index (χ3n) is 4.98. The first-order valence-electron chi connectivity index (χ1n) is 9.28. The number of hydrogen-bond acceptors (Lipinski definition) is 4. The van der Waals surface area contributed by atoms with Crippen molar-refractivity contribution in [1.29, 1.82) is 0 Å². The quantitative estimate of drug-likeness (QED) is 0.764. The zero-order chi connectivity index (χ0) is 20.4. The third-order valence-corrected chi connectivity index (χ3v) is 4.98. The molecule has 2 amide bonds. The van der Waals surface area contributed by atoms with E-state index in [0.29, 0.717) is 16.9 Å². The average molecular weight is 380 g/mol. The maximum atomic E-state index is 13.2. The van der Waals surface area contributed by atoms with Gasteiger partial charge < -0.3 is 4.74 Å². The van der Waals surface area contributed by atoms with Gasteiger partial charge in [0, 0.05) is 5.56 Å². The first-order chi connectivity index (χ1) is 13.3. The van der Waals surface area contributed by atoms with Crippen molar-refractivity contribution in [2.45, 2.75) is 27.7 Å². The molecule has 0 unspecified atom stereocenters. The standard InChI is InChI=1S/C22H24N2O4/c1-5-28-21(26)13-23-18-10-15(3)16(4)11-19(18)24(12-20(23)25)22(27)17-9-7-6-8-14(17)2/h6-11H,5,12-13H2,1-4H3. The molecule has 2 aromatic carbocycles. The van der Waals surface area contributed by atoms with Crippen LogP contribution in [0.15, 0.2) is 36.4 Å². The molecule has 0 fully saturated rings. The van der Waals surface area contributed by atoms with Crippen molar-refractivity contribution in [2.75, 3.05) is 29.5 Å². The normalized spacial score (nSPS) is 13.4. The molecule has 0 saturated heterocycles. The molecule has 28 heavy (non-hydrogen) atoms. The number of esters is 1. The molecule has 1 heterocycles. The molecule has 0 atom stereocenters. The van der Waals surface area contributed by atoms with Gasteiger partial charge >= 0.3 is 5.97 Å². The van der Waals surface area contributed by atoms with Gasteiger partial charge in [0.05, 0.1) is 18.0 Å². The summed E-state index contributed by atoms with van der Waals surface area (Å²) in [5, 5.41) is 0. The van der Waals surface area contributed by atoms with Crippen LogP contribution in [0.5, 0.6) is 0 Å². The maximum Gasteiger partial charge on any atom is 0.326 e. The maximum absolute atomic E-state index is 13.2. The predicted octanol–water partition coefficient (Wildman–Crippen LogP) is 3.17. The van der Waals surface area contributed by atoms with E-state index in [1.165, 1.54) is 9.80 Å². The largest absolute Gasteiger partial charge is 0.465 e. The zero-order valence-electron chi connectivity index (χ0n) is 16.6. The average Bonchev–Trinajstić information content (AvgIpc) is 2.65. The minimum atomic E-state index is -0.473. The van der Waals surface area contributed by atoms with Crippen LogP contribution in [-0.2, 0) is 14.3 Å². The highest BCUT2D eigenvalue weighted by Crippen LogP contribution is 2.37. The lowest BCUT2D eigenvalue weighted by atomic mass is 10.0. The number of carbonyl (C=O) groups is 3. The van der Waals surface area contributed by atoms with Crippen LogP contribution >= 0.6 is 0 Å². The van der Waals surface area contributed by atoms with E-state index in [1.807, 2.05) is 45.0 Å². The number of carbonyl (C=O) groups excluding carboxylic acids is 3. The highest BCUT2D eigenvalue weighted by atomic mass is 16.5. The van der Waals surface area contributed by atoms with E-state index in [4.69, 9.17) is 4.74 Å². The van der Waals surface area contributed by atoms with Crippen LogP contribution in [-0.4, -0.2) is 37.5 Å². The SMILES string of the molecule is CCOC(=O)CN1C(=O)CN(C(=O)c2ccccc2C)c2cc(C)c(C)cc21. The highest BCUT2D eigenvalue weighted by molar-refractivity contribution is 6.17. The second-order valence-electron chi connectivity index (χ2n) is 6.92. The summed E-state index contributed by atoms with van der Waals surface area (Å²) in [7, 11) is 0. The van der Waals surface area contributed by atoms with Gasteiger partial charge in [-0.2, -0.15) is 0 Å². The number of nitrogens with zero attached hydrogens (tertiary/aromatic N) is 2. The molecule has 0 aliphatic carbocycles. The Morgan fingerprint density at radius 2 is 1.64 bits per heavy atom. The van der Waals surface area contributed by atoms with Crippen LogP contribution in [0.1, 0.15) is 34.0 Å². The Bertz CT molecular complexity index is 952. The Morgan fingerprint density at radius 1 is 1.00 bits per heavy atom. The van der Waals surface area contributed by atoms with E-state index in [2.05, 4.69) is 0 Å². The molecule has 6 nitrogen and oxygen atoms in total. The van der Waals surface area contributed by atoms with Gasteiger partial charge in [-0.3, -0.25) is 24.2 Å². The van der Waals surface area contributed by atoms with E-state index in [-0.39, 0.29) is 31.5 Å². The lowest BCUT2D eigenvalue weighted by molar-refractivity contribution is -0.142. The molecule has 3 rings (SSSR count). The van der Waals surface area contributed by atoms with Crippen molar-refractivity contribution in [1.82, 2.24) is 0 Å².